The molecule has 2 aromatic heterocycles. The first kappa shape index (κ1) is 18.2. The van der Waals surface area contributed by atoms with E-state index in [1.54, 1.807) is 25.3 Å². The van der Waals surface area contributed by atoms with Gasteiger partial charge in [-0.1, -0.05) is 6.07 Å². The highest BCUT2D eigenvalue weighted by molar-refractivity contribution is 5.96. The highest BCUT2D eigenvalue weighted by Gasteiger charge is 2.28. The van der Waals surface area contributed by atoms with Gasteiger partial charge in [-0.2, -0.15) is 0 Å². The van der Waals surface area contributed by atoms with Gasteiger partial charge in [0, 0.05) is 30.8 Å². The summed E-state index contributed by atoms with van der Waals surface area (Å²) >= 11 is 0. The molecule has 28 heavy (non-hydrogen) atoms. The number of benzene rings is 1. The molecule has 7 heteroatoms. The molecule has 0 saturated heterocycles. The fourth-order valence-electron chi connectivity index (χ4n) is 4.11. The van der Waals surface area contributed by atoms with Crippen LogP contribution in [0.2, 0.25) is 0 Å². The van der Waals surface area contributed by atoms with E-state index in [1.165, 1.54) is 0 Å². The summed E-state index contributed by atoms with van der Waals surface area (Å²) in [5, 5.41) is 3.06. The SMILES string of the molecule is CC(=O)NC1CCCC(n2c(-c3ccccn3)nc3cc(C(N)=O)ccc32)C1. The number of fused-ring (bicyclic) bond motifs is 1. The Morgan fingerprint density at radius 2 is 2.07 bits per heavy atom. The molecular formula is C21H23N5O2. The summed E-state index contributed by atoms with van der Waals surface area (Å²) in [5.74, 6) is 0.294. The molecule has 4 rings (SSSR count). The molecule has 0 bridgehead atoms. The second-order valence-corrected chi connectivity index (χ2v) is 7.31. The Morgan fingerprint density at radius 3 is 2.79 bits per heavy atom. The van der Waals surface area contributed by atoms with Gasteiger partial charge in [-0.05, 0) is 56.0 Å². The Balaban J connectivity index is 1.83. The molecule has 0 spiro atoms. The number of pyridine rings is 1. The van der Waals surface area contributed by atoms with E-state index < -0.39 is 5.91 Å². The van der Waals surface area contributed by atoms with Crippen molar-refractivity contribution in [1.29, 1.82) is 0 Å². The van der Waals surface area contributed by atoms with Crippen LogP contribution < -0.4 is 11.1 Å². The predicted molar refractivity (Wildman–Crippen MR) is 107 cm³/mol. The quantitative estimate of drug-likeness (QED) is 0.730. The molecule has 2 amide bonds. The first-order valence-electron chi connectivity index (χ1n) is 9.53. The van der Waals surface area contributed by atoms with Crippen molar-refractivity contribution >= 4 is 22.8 Å². The van der Waals surface area contributed by atoms with Gasteiger partial charge in [-0.25, -0.2) is 4.98 Å². The minimum absolute atomic E-state index is 0.00260. The Kier molecular flexibility index (Phi) is 4.81. The average Bonchev–Trinajstić information content (AvgIpc) is 3.07. The smallest absolute Gasteiger partial charge is 0.248 e. The van der Waals surface area contributed by atoms with Crippen molar-refractivity contribution in [2.45, 2.75) is 44.7 Å². The first-order valence-corrected chi connectivity index (χ1v) is 9.53. The van der Waals surface area contributed by atoms with Crippen LogP contribution in [0.3, 0.4) is 0 Å². The van der Waals surface area contributed by atoms with Gasteiger partial charge >= 0.3 is 0 Å². The highest BCUT2D eigenvalue weighted by atomic mass is 16.1. The number of nitrogens with two attached hydrogens (primary N) is 1. The molecule has 3 aromatic rings. The van der Waals surface area contributed by atoms with Crippen molar-refractivity contribution in [3.8, 4) is 11.5 Å². The zero-order valence-corrected chi connectivity index (χ0v) is 15.8. The molecule has 2 atom stereocenters. The fourth-order valence-corrected chi connectivity index (χ4v) is 4.11. The zero-order valence-electron chi connectivity index (χ0n) is 15.8. The molecule has 0 aliphatic heterocycles. The summed E-state index contributed by atoms with van der Waals surface area (Å²) in [6, 6.07) is 11.4. The van der Waals surface area contributed by atoms with E-state index in [0.717, 1.165) is 48.2 Å². The van der Waals surface area contributed by atoms with E-state index >= 15 is 0 Å². The minimum atomic E-state index is -0.473. The molecule has 1 fully saturated rings. The number of rotatable bonds is 4. The molecule has 2 heterocycles. The van der Waals surface area contributed by atoms with Gasteiger partial charge in [0.2, 0.25) is 11.8 Å². The number of aromatic nitrogens is 3. The number of nitrogens with one attached hydrogen (secondary N) is 1. The summed E-state index contributed by atoms with van der Waals surface area (Å²) in [7, 11) is 0. The standard InChI is InChI=1S/C21H23N5O2/c1-13(27)24-15-5-4-6-16(12-15)26-19-9-8-14(20(22)28)11-18(19)25-21(26)17-7-2-3-10-23-17/h2-3,7-11,15-16H,4-6,12H2,1H3,(H2,22,28)(H,24,27). The number of primary amides is 1. The molecule has 1 aliphatic rings. The van der Waals surface area contributed by atoms with E-state index in [9.17, 15) is 9.59 Å². The van der Waals surface area contributed by atoms with Crippen molar-refractivity contribution in [1.82, 2.24) is 19.9 Å². The molecule has 7 nitrogen and oxygen atoms in total. The van der Waals surface area contributed by atoms with Crippen molar-refractivity contribution in [3.05, 3.63) is 48.2 Å². The van der Waals surface area contributed by atoms with Gasteiger partial charge in [0.1, 0.15) is 5.69 Å². The maximum Gasteiger partial charge on any atom is 0.248 e. The summed E-state index contributed by atoms with van der Waals surface area (Å²) < 4.78 is 2.20. The maximum atomic E-state index is 11.6. The van der Waals surface area contributed by atoms with Crippen LogP contribution in [-0.2, 0) is 4.79 Å². The number of hydrogen-bond acceptors (Lipinski definition) is 4. The lowest BCUT2D eigenvalue weighted by Gasteiger charge is -2.31. The first-order chi connectivity index (χ1) is 13.5. The topological polar surface area (TPSA) is 103 Å². The van der Waals surface area contributed by atoms with E-state index in [4.69, 9.17) is 10.7 Å². The van der Waals surface area contributed by atoms with Gasteiger partial charge < -0.3 is 15.6 Å². The second kappa shape index (κ2) is 7.42. The number of hydrogen-bond donors (Lipinski definition) is 2. The predicted octanol–water partition coefficient (Wildman–Crippen LogP) is 2.82. The third-order valence-corrected chi connectivity index (χ3v) is 5.29. The molecule has 3 N–H and O–H groups in total. The van der Waals surface area contributed by atoms with Crippen molar-refractivity contribution in [3.63, 3.8) is 0 Å². The number of amides is 2. The number of carbonyl (C=O) groups is 2. The van der Waals surface area contributed by atoms with Crippen molar-refractivity contribution in [2.24, 2.45) is 5.73 Å². The van der Waals surface area contributed by atoms with Gasteiger partial charge in [-0.3, -0.25) is 14.6 Å². The van der Waals surface area contributed by atoms with Crippen LogP contribution in [0.15, 0.2) is 42.6 Å². The monoisotopic (exact) mass is 377 g/mol. The third kappa shape index (κ3) is 3.47. The fraction of sp³-hybridized carbons (Fsp3) is 0.333. The Morgan fingerprint density at radius 1 is 1.21 bits per heavy atom. The largest absolute Gasteiger partial charge is 0.366 e. The average molecular weight is 377 g/mol. The number of nitrogens with zero attached hydrogens (tertiary/aromatic N) is 3. The lowest BCUT2D eigenvalue weighted by molar-refractivity contribution is -0.119. The van der Waals surface area contributed by atoms with Crippen LogP contribution in [0, 0.1) is 0 Å². The maximum absolute atomic E-state index is 11.6. The van der Waals surface area contributed by atoms with Gasteiger partial charge in [-0.15, -0.1) is 0 Å². The molecule has 1 saturated carbocycles. The Labute approximate surface area is 163 Å². The van der Waals surface area contributed by atoms with Crippen LogP contribution in [0.25, 0.3) is 22.6 Å². The van der Waals surface area contributed by atoms with E-state index in [2.05, 4.69) is 14.9 Å². The zero-order chi connectivity index (χ0) is 19.7. The van der Waals surface area contributed by atoms with E-state index in [1.807, 2.05) is 24.3 Å². The van der Waals surface area contributed by atoms with Crippen LogP contribution in [0.4, 0.5) is 0 Å². The Hall–Kier alpha value is -3.22. The lowest BCUT2D eigenvalue weighted by Crippen LogP contribution is -2.37. The Bertz CT molecular complexity index is 1030. The number of carbonyl (C=O) groups excluding carboxylic acids is 2. The van der Waals surface area contributed by atoms with Crippen LogP contribution >= 0.6 is 0 Å². The molecule has 2 unspecified atom stereocenters. The van der Waals surface area contributed by atoms with Gasteiger partial charge in [0.05, 0.1) is 11.0 Å². The van der Waals surface area contributed by atoms with Crippen molar-refractivity contribution < 1.29 is 9.59 Å². The lowest BCUT2D eigenvalue weighted by atomic mass is 9.90. The minimum Gasteiger partial charge on any atom is -0.366 e. The van der Waals surface area contributed by atoms with E-state index in [-0.39, 0.29) is 18.0 Å². The van der Waals surface area contributed by atoms with Crippen LogP contribution in [-0.4, -0.2) is 32.4 Å². The second-order valence-electron chi connectivity index (χ2n) is 7.31. The molecular weight excluding hydrogens is 354 g/mol. The normalized spacial score (nSPS) is 19.5. The van der Waals surface area contributed by atoms with E-state index in [0.29, 0.717) is 5.56 Å². The van der Waals surface area contributed by atoms with Gasteiger partial charge in [0.15, 0.2) is 5.82 Å². The molecule has 1 aliphatic carbocycles. The third-order valence-electron chi connectivity index (χ3n) is 5.29. The summed E-state index contributed by atoms with van der Waals surface area (Å²) in [4.78, 5) is 32.4. The van der Waals surface area contributed by atoms with Gasteiger partial charge in [0.25, 0.3) is 0 Å². The number of imidazole rings is 1. The molecule has 144 valence electrons. The van der Waals surface area contributed by atoms with Crippen LogP contribution in [0.1, 0.15) is 49.0 Å². The van der Waals surface area contributed by atoms with Crippen LogP contribution in [0.5, 0.6) is 0 Å². The molecule has 1 aromatic carbocycles. The van der Waals surface area contributed by atoms with Crippen molar-refractivity contribution in [2.75, 3.05) is 0 Å². The summed E-state index contributed by atoms with van der Waals surface area (Å²) in [5.41, 5.74) is 8.32. The molecule has 0 radical (unpaired) electrons. The highest BCUT2D eigenvalue weighted by Crippen LogP contribution is 2.35. The summed E-state index contributed by atoms with van der Waals surface area (Å²) in [6.07, 6.45) is 5.58. The summed E-state index contributed by atoms with van der Waals surface area (Å²) in [6.45, 7) is 1.56.